The van der Waals surface area contributed by atoms with Gasteiger partial charge in [0.15, 0.2) is 0 Å². The molecule has 1 aromatic rings. The van der Waals surface area contributed by atoms with Crippen LogP contribution < -0.4 is 4.74 Å². The van der Waals surface area contributed by atoms with Crippen LogP contribution in [0.1, 0.15) is 10.4 Å². The molecule has 15 heavy (non-hydrogen) atoms. The lowest BCUT2D eigenvalue weighted by atomic mass is 10.1. The third kappa shape index (κ3) is 3.03. The molecule has 0 heterocycles. The minimum absolute atomic E-state index is 0.235. The molecule has 0 amide bonds. The van der Waals surface area contributed by atoms with Crippen molar-refractivity contribution in [1.29, 1.82) is 0 Å². The summed E-state index contributed by atoms with van der Waals surface area (Å²) in [5, 5.41) is 0. The molecular formula is C12H13NO2. The first-order chi connectivity index (χ1) is 7.15. The monoisotopic (exact) mass is 203 g/mol. The van der Waals surface area contributed by atoms with Gasteiger partial charge in [-0.1, -0.05) is 12.1 Å². The summed E-state index contributed by atoms with van der Waals surface area (Å²) in [7, 11) is 5.09. The molecule has 0 bridgehead atoms. The Bertz CT molecular complexity index is 413. The Morgan fingerprint density at radius 3 is 2.60 bits per heavy atom. The van der Waals surface area contributed by atoms with Gasteiger partial charge in [-0.3, -0.25) is 4.79 Å². The van der Waals surface area contributed by atoms with Crippen molar-refractivity contribution in [2.75, 3.05) is 21.2 Å². The molecule has 0 atom stereocenters. The van der Waals surface area contributed by atoms with Crippen LogP contribution in [-0.2, 0) is 0 Å². The van der Waals surface area contributed by atoms with Gasteiger partial charge in [0.05, 0.1) is 12.7 Å². The Labute approximate surface area is 89.7 Å². The van der Waals surface area contributed by atoms with E-state index in [1.54, 1.807) is 37.2 Å². The molecule has 3 nitrogen and oxygen atoms in total. The van der Waals surface area contributed by atoms with Crippen molar-refractivity contribution in [3.05, 3.63) is 29.8 Å². The molecule has 0 aromatic heterocycles. The number of para-hydroxylation sites is 1. The highest BCUT2D eigenvalue weighted by Gasteiger charge is 2.08. The quantitative estimate of drug-likeness (QED) is 0.413. The van der Waals surface area contributed by atoms with Crippen molar-refractivity contribution in [3.63, 3.8) is 0 Å². The summed E-state index contributed by atoms with van der Waals surface area (Å²) in [6.45, 7) is 0. The predicted octanol–water partition coefficient (Wildman–Crippen LogP) is 1.40. The molecule has 0 aliphatic rings. The summed E-state index contributed by atoms with van der Waals surface area (Å²) in [5.74, 6) is 2.85. The highest BCUT2D eigenvalue weighted by Crippen LogP contribution is 2.17. The van der Waals surface area contributed by atoms with Crippen LogP contribution in [0.2, 0.25) is 0 Å². The molecule has 0 spiro atoms. The van der Waals surface area contributed by atoms with Gasteiger partial charge in [-0.2, -0.15) is 0 Å². The molecule has 0 saturated carbocycles. The van der Waals surface area contributed by atoms with E-state index in [4.69, 9.17) is 4.74 Å². The molecular weight excluding hydrogens is 190 g/mol. The van der Waals surface area contributed by atoms with Gasteiger partial charge < -0.3 is 9.64 Å². The first-order valence-electron chi connectivity index (χ1n) is 4.51. The maximum atomic E-state index is 11.6. The van der Waals surface area contributed by atoms with E-state index in [1.165, 1.54) is 7.11 Å². The van der Waals surface area contributed by atoms with Gasteiger partial charge in [0.1, 0.15) is 5.75 Å². The Hall–Kier alpha value is -1.95. The number of carbonyl (C=O) groups excluding carboxylic acids is 1. The Morgan fingerprint density at radius 1 is 1.33 bits per heavy atom. The standard InChI is InChI=1S/C12H13NO2/c1-13(2)9-8-11(14)10-6-4-5-7-12(10)15-3/h4-7H,1-3H3. The van der Waals surface area contributed by atoms with Gasteiger partial charge >= 0.3 is 0 Å². The number of hydrogen-bond donors (Lipinski definition) is 0. The van der Waals surface area contributed by atoms with Gasteiger partial charge in [0.25, 0.3) is 0 Å². The number of ether oxygens (including phenoxy) is 1. The number of nitrogens with zero attached hydrogens (tertiary/aromatic N) is 1. The average Bonchev–Trinajstić information content (AvgIpc) is 2.25. The second-order valence-electron chi connectivity index (χ2n) is 3.16. The van der Waals surface area contributed by atoms with E-state index in [1.807, 2.05) is 6.07 Å². The molecule has 1 rings (SSSR count). The minimum Gasteiger partial charge on any atom is -0.496 e. The molecule has 0 fully saturated rings. The summed E-state index contributed by atoms with van der Waals surface area (Å²) >= 11 is 0. The first kappa shape index (κ1) is 11.1. The molecule has 0 unspecified atom stereocenters. The highest BCUT2D eigenvalue weighted by molar-refractivity contribution is 6.10. The van der Waals surface area contributed by atoms with Crippen molar-refractivity contribution in [2.24, 2.45) is 0 Å². The summed E-state index contributed by atoms with van der Waals surface area (Å²) in [6.07, 6.45) is 0. The average molecular weight is 203 g/mol. The number of carbonyl (C=O) groups is 1. The molecule has 78 valence electrons. The molecule has 0 aliphatic heterocycles. The smallest absolute Gasteiger partial charge is 0.241 e. The van der Waals surface area contributed by atoms with E-state index >= 15 is 0 Å². The van der Waals surface area contributed by atoms with Crippen LogP contribution in [0.15, 0.2) is 24.3 Å². The number of rotatable bonds is 2. The van der Waals surface area contributed by atoms with Crippen LogP contribution in [0.4, 0.5) is 0 Å². The fourth-order valence-electron chi connectivity index (χ4n) is 1.06. The maximum absolute atomic E-state index is 11.6. The molecule has 0 radical (unpaired) electrons. The van der Waals surface area contributed by atoms with Gasteiger partial charge in [0, 0.05) is 26.1 Å². The van der Waals surface area contributed by atoms with Crippen molar-refractivity contribution >= 4 is 5.78 Å². The van der Waals surface area contributed by atoms with Crippen molar-refractivity contribution in [3.8, 4) is 17.7 Å². The zero-order valence-corrected chi connectivity index (χ0v) is 9.07. The van der Waals surface area contributed by atoms with Gasteiger partial charge in [-0.05, 0) is 12.1 Å². The normalized spacial score (nSPS) is 8.73. The van der Waals surface area contributed by atoms with E-state index in [0.717, 1.165) is 0 Å². The summed E-state index contributed by atoms with van der Waals surface area (Å²) < 4.78 is 5.07. The largest absolute Gasteiger partial charge is 0.496 e. The van der Waals surface area contributed by atoms with Crippen molar-refractivity contribution in [2.45, 2.75) is 0 Å². The van der Waals surface area contributed by atoms with Gasteiger partial charge in [0.2, 0.25) is 5.78 Å². The zero-order valence-electron chi connectivity index (χ0n) is 9.07. The van der Waals surface area contributed by atoms with E-state index in [9.17, 15) is 4.79 Å². The number of ketones is 1. The first-order valence-corrected chi connectivity index (χ1v) is 4.51. The van der Waals surface area contributed by atoms with Crippen LogP contribution >= 0.6 is 0 Å². The second-order valence-corrected chi connectivity index (χ2v) is 3.16. The SMILES string of the molecule is COc1ccccc1C(=O)C#CN(C)C. The van der Waals surface area contributed by atoms with Gasteiger partial charge in [-0.15, -0.1) is 0 Å². The van der Waals surface area contributed by atoms with E-state index < -0.39 is 0 Å². The Balaban J connectivity index is 2.97. The lowest BCUT2D eigenvalue weighted by Crippen LogP contribution is -2.04. The maximum Gasteiger partial charge on any atom is 0.241 e. The number of methoxy groups -OCH3 is 1. The molecule has 0 aliphatic carbocycles. The van der Waals surface area contributed by atoms with E-state index in [0.29, 0.717) is 11.3 Å². The van der Waals surface area contributed by atoms with Crippen LogP contribution in [0, 0.1) is 12.0 Å². The fourth-order valence-corrected chi connectivity index (χ4v) is 1.06. The minimum atomic E-state index is -0.235. The number of hydrogen-bond acceptors (Lipinski definition) is 3. The molecule has 0 saturated heterocycles. The van der Waals surface area contributed by atoms with Crippen LogP contribution in [0.3, 0.4) is 0 Å². The second kappa shape index (κ2) is 5.06. The summed E-state index contributed by atoms with van der Waals surface area (Å²) in [6, 6.07) is 9.71. The zero-order chi connectivity index (χ0) is 11.3. The molecule has 1 aromatic carbocycles. The van der Waals surface area contributed by atoms with Crippen molar-refractivity contribution in [1.82, 2.24) is 4.90 Å². The Morgan fingerprint density at radius 2 is 2.00 bits per heavy atom. The highest BCUT2D eigenvalue weighted by atomic mass is 16.5. The van der Waals surface area contributed by atoms with Crippen molar-refractivity contribution < 1.29 is 9.53 Å². The number of benzene rings is 1. The lowest BCUT2D eigenvalue weighted by molar-refractivity contribution is 0.105. The summed E-state index contributed by atoms with van der Waals surface area (Å²) in [4.78, 5) is 13.3. The third-order valence-electron chi connectivity index (χ3n) is 1.74. The number of Topliss-reactive ketones (excluding diaryl/α,β-unsaturated/α-hetero) is 1. The fraction of sp³-hybridized carbons (Fsp3) is 0.250. The van der Waals surface area contributed by atoms with Gasteiger partial charge in [-0.25, -0.2) is 0 Å². The topological polar surface area (TPSA) is 29.5 Å². The van der Waals surface area contributed by atoms with E-state index in [-0.39, 0.29) is 5.78 Å². The lowest BCUT2D eigenvalue weighted by Gasteiger charge is -2.03. The Kier molecular flexibility index (Phi) is 3.75. The third-order valence-corrected chi connectivity index (χ3v) is 1.74. The van der Waals surface area contributed by atoms with Crippen LogP contribution in [0.5, 0.6) is 5.75 Å². The molecule has 3 heteroatoms. The summed E-state index contributed by atoms with van der Waals surface area (Å²) in [5.41, 5.74) is 0.495. The molecule has 0 N–H and O–H groups in total. The van der Waals surface area contributed by atoms with E-state index in [2.05, 4.69) is 12.0 Å². The van der Waals surface area contributed by atoms with Crippen LogP contribution in [-0.4, -0.2) is 31.9 Å². The predicted molar refractivity (Wildman–Crippen MR) is 58.8 cm³/mol. The van der Waals surface area contributed by atoms with Crippen LogP contribution in [0.25, 0.3) is 0 Å².